The third-order valence-corrected chi connectivity index (χ3v) is 7.86. The molecule has 0 aliphatic carbocycles. The molecule has 5 rings (SSSR count). The van der Waals surface area contributed by atoms with Crippen molar-refractivity contribution in [3.8, 4) is 11.1 Å². The molecule has 6 nitrogen and oxygen atoms in total. The average molecular weight is 617 g/mol. The largest absolute Gasteiger partial charge is 1.00 e. The molecular weight excluding hydrogens is 585 g/mol. The SMILES string of the molecule is CN1CCN(Cc2ccccc2-c2ccc(C(F)(F)F)cc2SNc2ccc(N[N-]Cc3cccnc3)cc2)CC1.[K+]. The van der Waals surface area contributed by atoms with Crippen LogP contribution in [-0.2, 0) is 19.3 Å². The molecule has 3 aromatic carbocycles. The van der Waals surface area contributed by atoms with E-state index in [1.54, 1.807) is 18.5 Å². The van der Waals surface area contributed by atoms with E-state index in [0.29, 0.717) is 11.4 Å². The predicted octanol–water partition coefficient (Wildman–Crippen LogP) is 4.54. The number of aromatic nitrogens is 1. The van der Waals surface area contributed by atoms with Crippen LogP contribution in [0.3, 0.4) is 0 Å². The van der Waals surface area contributed by atoms with E-state index in [1.807, 2.05) is 54.6 Å². The Morgan fingerprint density at radius 2 is 1.62 bits per heavy atom. The van der Waals surface area contributed by atoms with Crippen molar-refractivity contribution in [2.75, 3.05) is 43.4 Å². The van der Waals surface area contributed by atoms with Gasteiger partial charge in [-0.05, 0) is 83.7 Å². The Morgan fingerprint density at radius 1 is 0.881 bits per heavy atom. The van der Waals surface area contributed by atoms with E-state index in [1.165, 1.54) is 24.1 Å². The molecule has 1 aliphatic heterocycles. The topological polar surface area (TPSA) is 57.5 Å². The molecule has 214 valence electrons. The van der Waals surface area contributed by atoms with Crippen LogP contribution >= 0.6 is 11.9 Å². The second-order valence-corrected chi connectivity index (χ2v) is 10.9. The number of benzene rings is 3. The smallest absolute Gasteiger partial charge is 0.567 e. The molecule has 4 aromatic rings. The Morgan fingerprint density at radius 3 is 2.33 bits per heavy atom. The first-order valence-corrected chi connectivity index (χ1v) is 14.2. The van der Waals surface area contributed by atoms with Crippen LogP contribution in [0.5, 0.6) is 0 Å². The fourth-order valence-corrected chi connectivity index (χ4v) is 5.45. The number of pyridine rings is 1. The summed E-state index contributed by atoms with van der Waals surface area (Å²) in [6, 6.07) is 23.3. The molecule has 0 amide bonds. The summed E-state index contributed by atoms with van der Waals surface area (Å²) < 4.78 is 44.3. The normalized spacial score (nSPS) is 14.3. The van der Waals surface area contributed by atoms with Crippen molar-refractivity contribution in [1.82, 2.24) is 14.8 Å². The minimum Gasteiger partial charge on any atom is -0.567 e. The zero-order valence-electron chi connectivity index (χ0n) is 23.7. The molecule has 0 atom stereocenters. The van der Waals surface area contributed by atoms with Crippen LogP contribution in [0, 0.1) is 0 Å². The number of hydrogen-bond acceptors (Lipinski definition) is 6. The van der Waals surface area contributed by atoms with E-state index >= 15 is 0 Å². The summed E-state index contributed by atoms with van der Waals surface area (Å²) in [5.74, 6) is 0. The van der Waals surface area contributed by atoms with Gasteiger partial charge in [0, 0.05) is 61.4 Å². The van der Waals surface area contributed by atoms with Gasteiger partial charge < -0.3 is 20.5 Å². The molecule has 0 radical (unpaired) electrons. The molecule has 2 heterocycles. The minimum absolute atomic E-state index is 0. The molecule has 0 unspecified atom stereocenters. The van der Waals surface area contributed by atoms with Gasteiger partial charge in [-0.2, -0.15) is 13.2 Å². The minimum atomic E-state index is -4.43. The Kier molecular flexibility index (Phi) is 12.3. The maximum absolute atomic E-state index is 13.7. The van der Waals surface area contributed by atoms with Gasteiger partial charge in [-0.1, -0.05) is 36.4 Å². The van der Waals surface area contributed by atoms with Crippen molar-refractivity contribution in [2.24, 2.45) is 0 Å². The number of rotatable bonds is 10. The Balaban J connectivity index is 0.00000405. The van der Waals surface area contributed by atoms with Gasteiger partial charge >= 0.3 is 57.6 Å². The van der Waals surface area contributed by atoms with Crippen LogP contribution in [0.15, 0.2) is 96.2 Å². The Labute approximate surface area is 292 Å². The summed E-state index contributed by atoms with van der Waals surface area (Å²) >= 11 is 1.18. The molecule has 0 saturated carbocycles. The van der Waals surface area contributed by atoms with Gasteiger partial charge in [-0.25, -0.2) is 0 Å². The summed E-state index contributed by atoms with van der Waals surface area (Å²) in [7, 11) is 2.12. The third-order valence-electron chi connectivity index (χ3n) is 6.96. The average Bonchev–Trinajstić information content (AvgIpc) is 2.98. The first-order chi connectivity index (χ1) is 19.8. The van der Waals surface area contributed by atoms with Crippen molar-refractivity contribution in [1.29, 1.82) is 0 Å². The van der Waals surface area contributed by atoms with Gasteiger partial charge in [0.05, 0.1) is 5.56 Å². The van der Waals surface area contributed by atoms with Crippen LogP contribution in [0.25, 0.3) is 16.6 Å². The van der Waals surface area contributed by atoms with Crippen LogP contribution < -0.4 is 61.5 Å². The summed E-state index contributed by atoms with van der Waals surface area (Å²) in [4.78, 5) is 9.29. The molecule has 1 fully saturated rings. The molecular formula is C31H32F3KN6S. The fraction of sp³-hybridized carbons (Fsp3) is 0.258. The van der Waals surface area contributed by atoms with E-state index in [9.17, 15) is 13.2 Å². The number of alkyl halides is 3. The molecule has 1 aromatic heterocycles. The van der Waals surface area contributed by atoms with Gasteiger partial charge in [0.15, 0.2) is 0 Å². The fourth-order valence-electron chi connectivity index (χ4n) is 4.61. The van der Waals surface area contributed by atoms with Gasteiger partial charge in [-0.3, -0.25) is 9.88 Å². The van der Waals surface area contributed by atoms with Crippen molar-refractivity contribution < 1.29 is 64.6 Å². The number of nitrogens with zero attached hydrogens (tertiary/aromatic N) is 4. The molecule has 1 saturated heterocycles. The van der Waals surface area contributed by atoms with Gasteiger partial charge in [0.25, 0.3) is 0 Å². The Hall–Kier alpha value is -1.93. The summed E-state index contributed by atoms with van der Waals surface area (Å²) in [6.45, 7) is 5.16. The molecule has 11 heteroatoms. The van der Waals surface area contributed by atoms with Crippen LogP contribution in [0.4, 0.5) is 24.5 Å². The van der Waals surface area contributed by atoms with Gasteiger partial charge in [-0.15, -0.1) is 6.54 Å². The van der Waals surface area contributed by atoms with E-state index in [-0.39, 0.29) is 51.4 Å². The monoisotopic (exact) mass is 616 g/mol. The van der Waals surface area contributed by atoms with Crippen LogP contribution in [0.1, 0.15) is 16.7 Å². The first-order valence-electron chi connectivity index (χ1n) is 13.4. The van der Waals surface area contributed by atoms with Crippen molar-refractivity contribution in [3.63, 3.8) is 0 Å². The van der Waals surface area contributed by atoms with E-state index in [0.717, 1.165) is 66.4 Å². The number of nitrogens with one attached hydrogen (secondary N) is 2. The van der Waals surface area contributed by atoms with Crippen LogP contribution in [-0.4, -0.2) is 48.0 Å². The third kappa shape index (κ3) is 9.28. The van der Waals surface area contributed by atoms with E-state index in [4.69, 9.17) is 0 Å². The number of anilines is 2. The summed E-state index contributed by atoms with van der Waals surface area (Å²) in [6.07, 6.45) is -0.946. The standard InChI is InChI=1S/C31H32F3N6S.K/c1-39-15-17-40(18-16-39)22-24-6-2-3-7-28(24)29-13-8-25(31(32,33)34)19-30(29)41-38-27-11-9-26(10-12-27)37-36-21-23-5-4-14-35-20-23;/h2-14,19-20,37-38H,15-18,21-22H2,1H3;/q-1;+1. The van der Waals surface area contributed by atoms with Gasteiger partial charge in [0.2, 0.25) is 0 Å². The van der Waals surface area contributed by atoms with Crippen molar-refractivity contribution in [2.45, 2.75) is 24.2 Å². The maximum Gasteiger partial charge on any atom is 1.00 e. The number of likely N-dealkylation sites (N-methyl/N-ethyl adjacent to an activating group) is 1. The zero-order valence-corrected chi connectivity index (χ0v) is 27.7. The first kappa shape index (κ1) is 33.0. The molecule has 0 bridgehead atoms. The zero-order chi connectivity index (χ0) is 28.7. The number of piperazine rings is 1. The number of halogens is 3. The van der Waals surface area contributed by atoms with Crippen molar-refractivity contribution in [3.05, 3.63) is 113 Å². The van der Waals surface area contributed by atoms with Crippen LogP contribution in [0.2, 0.25) is 0 Å². The molecule has 2 N–H and O–H groups in total. The predicted molar refractivity (Wildman–Crippen MR) is 160 cm³/mol. The van der Waals surface area contributed by atoms with Crippen molar-refractivity contribution >= 4 is 23.3 Å². The second kappa shape index (κ2) is 15.7. The molecule has 42 heavy (non-hydrogen) atoms. The summed E-state index contributed by atoms with van der Waals surface area (Å²) in [5, 5.41) is 0. The number of hydrogen-bond donors (Lipinski definition) is 2. The quantitative estimate of drug-likeness (QED) is 0.155. The van der Waals surface area contributed by atoms with Gasteiger partial charge in [0.1, 0.15) is 0 Å². The van der Waals surface area contributed by atoms with E-state index < -0.39 is 11.7 Å². The maximum atomic E-state index is 13.7. The second-order valence-electron chi connectivity index (χ2n) is 10.0. The summed E-state index contributed by atoms with van der Waals surface area (Å²) in [5.41, 5.74) is 12.1. The molecule has 0 spiro atoms. The Bertz CT molecular complexity index is 1410. The van der Waals surface area contributed by atoms with E-state index in [2.05, 4.69) is 43.5 Å². The molecule has 1 aliphatic rings.